The number of piperidine rings is 1. The number of amides is 2. The van der Waals surface area contributed by atoms with Gasteiger partial charge in [0, 0.05) is 26.4 Å². The first-order chi connectivity index (χ1) is 8.84. The number of rotatable bonds is 5. The molecule has 5 nitrogen and oxygen atoms in total. The van der Waals surface area contributed by atoms with E-state index in [9.17, 15) is 9.59 Å². The summed E-state index contributed by atoms with van der Waals surface area (Å²) in [6.45, 7) is 6.76. The summed E-state index contributed by atoms with van der Waals surface area (Å²) in [5.74, 6) is 0.660. The van der Waals surface area contributed by atoms with Gasteiger partial charge in [-0.05, 0) is 39.0 Å². The lowest BCUT2D eigenvalue weighted by molar-refractivity contribution is -0.130. The third kappa shape index (κ3) is 5.59. The first-order valence-electron chi connectivity index (χ1n) is 7.01. The van der Waals surface area contributed by atoms with Crippen LogP contribution in [0.3, 0.4) is 0 Å². The summed E-state index contributed by atoms with van der Waals surface area (Å²) >= 11 is 0. The van der Waals surface area contributed by atoms with Crippen LogP contribution >= 0.6 is 0 Å². The van der Waals surface area contributed by atoms with Crippen molar-refractivity contribution in [2.75, 3.05) is 19.7 Å². The number of hydrogen-bond acceptors (Lipinski definition) is 3. The summed E-state index contributed by atoms with van der Waals surface area (Å²) < 4.78 is 0. The Kier molecular flexibility index (Phi) is 5.79. The number of nitrogens with zero attached hydrogens (tertiary/aromatic N) is 1. The van der Waals surface area contributed by atoms with E-state index in [0.717, 1.165) is 32.4 Å². The van der Waals surface area contributed by atoms with Crippen molar-refractivity contribution in [1.82, 2.24) is 10.2 Å². The van der Waals surface area contributed by atoms with E-state index in [-0.39, 0.29) is 18.4 Å². The Hall–Kier alpha value is -1.10. The summed E-state index contributed by atoms with van der Waals surface area (Å²) in [7, 11) is 0. The third-order valence-corrected chi connectivity index (χ3v) is 3.71. The lowest BCUT2D eigenvalue weighted by Gasteiger charge is -2.31. The van der Waals surface area contributed by atoms with Crippen LogP contribution in [0, 0.1) is 5.92 Å². The zero-order valence-corrected chi connectivity index (χ0v) is 12.2. The Bertz CT molecular complexity index is 321. The van der Waals surface area contributed by atoms with Crippen molar-refractivity contribution >= 4 is 11.8 Å². The van der Waals surface area contributed by atoms with Gasteiger partial charge in [0.05, 0.1) is 12.1 Å². The van der Waals surface area contributed by atoms with Gasteiger partial charge < -0.3 is 15.3 Å². The highest BCUT2D eigenvalue weighted by Gasteiger charge is 2.23. The van der Waals surface area contributed by atoms with E-state index in [1.54, 1.807) is 20.8 Å². The molecule has 0 radical (unpaired) electrons. The van der Waals surface area contributed by atoms with Crippen LogP contribution in [0.1, 0.15) is 46.5 Å². The Labute approximate surface area is 115 Å². The smallest absolute Gasteiger partial charge is 0.220 e. The van der Waals surface area contributed by atoms with Gasteiger partial charge in [0.15, 0.2) is 0 Å². The number of hydrogen-bond donors (Lipinski definition) is 2. The highest BCUT2D eigenvalue weighted by molar-refractivity contribution is 5.76. The van der Waals surface area contributed by atoms with Gasteiger partial charge in [0.2, 0.25) is 11.8 Å². The van der Waals surface area contributed by atoms with E-state index in [1.165, 1.54) is 0 Å². The lowest BCUT2D eigenvalue weighted by Crippen LogP contribution is -2.46. The van der Waals surface area contributed by atoms with Crippen LogP contribution in [0.5, 0.6) is 0 Å². The summed E-state index contributed by atoms with van der Waals surface area (Å²) in [6.07, 6.45) is 3.32. The Morgan fingerprint density at radius 1 is 1.32 bits per heavy atom. The molecule has 0 aromatic carbocycles. The summed E-state index contributed by atoms with van der Waals surface area (Å²) in [6, 6.07) is 0. The molecule has 1 saturated heterocycles. The number of carbonyl (C=O) groups is 2. The molecule has 1 aliphatic rings. The molecule has 2 N–H and O–H groups in total. The van der Waals surface area contributed by atoms with Crippen molar-refractivity contribution in [3.63, 3.8) is 0 Å². The molecule has 2 amide bonds. The molecular formula is C14H26N2O3. The van der Waals surface area contributed by atoms with Crippen LogP contribution in [0.4, 0.5) is 0 Å². The molecule has 0 aromatic heterocycles. The quantitative estimate of drug-likeness (QED) is 0.780. The second-order valence-corrected chi connectivity index (χ2v) is 6.08. The number of aliphatic hydroxyl groups excluding tert-OH is 1. The first kappa shape index (κ1) is 16.0. The van der Waals surface area contributed by atoms with Crippen LogP contribution in [0.15, 0.2) is 0 Å². The third-order valence-electron chi connectivity index (χ3n) is 3.71. The highest BCUT2D eigenvalue weighted by atomic mass is 16.3. The van der Waals surface area contributed by atoms with Crippen LogP contribution in [0.2, 0.25) is 0 Å². The summed E-state index contributed by atoms with van der Waals surface area (Å²) in [5, 5.41) is 11.9. The molecule has 0 spiro atoms. The Morgan fingerprint density at radius 3 is 2.37 bits per heavy atom. The number of likely N-dealkylation sites (tertiary alicyclic amines) is 1. The molecule has 1 heterocycles. The molecule has 1 rings (SSSR count). The number of nitrogens with one attached hydrogen (secondary N) is 1. The first-order valence-corrected chi connectivity index (χ1v) is 7.01. The predicted molar refractivity (Wildman–Crippen MR) is 73.5 cm³/mol. The van der Waals surface area contributed by atoms with E-state index in [0.29, 0.717) is 12.3 Å². The minimum Gasteiger partial charge on any atom is -0.394 e. The van der Waals surface area contributed by atoms with Crippen molar-refractivity contribution in [3.05, 3.63) is 0 Å². The maximum atomic E-state index is 11.7. The van der Waals surface area contributed by atoms with Gasteiger partial charge in [-0.1, -0.05) is 0 Å². The SMILES string of the molecule is CC(=O)N1CCC(CCC(=O)NC(C)(C)CO)CC1. The topological polar surface area (TPSA) is 69.6 Å². The minimum absolute atomic E-state index is 0.00644. The zero-order valence-electron chi connectivity index (χ0n) is 12.2. The molecule has 5 heteroatoms. The fraction of sp³-hybridized carbons (Fsp3) is 0.857. The maximum absolute atomic E-state index is 11.7. The predicted octanol–water partition coefficient (Wildman–Crippen LogP) is 0.912. The molecule has 0 aromatic rings. The van der Waals surface area contributed by atoms with Crippen LogP contribution in [0.25, 0.3) is 0 Å². The molecule has 0 aliphatic carbocycles. The van der Waals surface area contributed by atoms with E-state index in [2.05, 4.69) is 5.32 Å². The van der Waals surface area contributed by atoms with Gasteiger partial charge in [-0.2, -0.15) is 0 Å². The molecule has 19 heavy (non-hydrogen) atoms. The summed E-state index contributed by atoms with van der Waals surface area (Å²) in [5.41, 5.74) is -0.547. The van der Waals surface area contributed by atoms with Crippen molar-refractivity contribution in [3.8, 4) is 0 Å². The Balaban J connectivity index is 2.24. The van der Waals surface area contributed by atoms with Gasteiger partial charge >= 0.3 is 0 Å². The number of aliphatic hydroxyl groups is 1. The standard InChI is InChI=1S/C14H26N2O3/c1-11(18)16-8-6-12(7-9-16)4-5-13(19)15-14(2,3)10-17/h12,17H,4-10H2,1-3H3,(H,15,19). The van der Waals surface area contributed by atoms with E-state index in [1.807, 2.05) is 4.90 Å². The molecule has 0 bridgehead atoms. The largest absolute Gasteiger partial charge is 0.394 e. The zero-order chi connectivity index (χ0) is 14.5. The highest BCUT2D eigenvalue weighted by Crippen LogP contribution is 2.22. The van der Waals surface area contributed by atoms with E-state index in [4.69, 9.17) is 5.11 Å². The second kappa shape index (κ2) is 6.89. The fourth-order valence-corrected chi connectivity index (χ4v) is 2.35. The van der Waals surface area contributed by atoms with Crippen molar-refractivity contribution in [1.29, 1.82) is 0 Å². The monoisotopic (exact) mass is 270 g/mol. The van der Waals surface area contributed by atoms with Crippen LogP contribution in [-0.4, -0.2) is 47.1 Å². The normalized spacial score (nSPS) is 17.4. The van der Waals surface area contributed by atoms with Crippen molar-refractivity contribution in [2.24, 2.45) is 5.92 Å². The van der Waals surface area contributed by atoms with Gasteiger partial charge in [-0.15, -0.1) is 0 Å². The van der Waals surface area contributed by atoms with Gasteiger partial charge in [-0.3, -0.25) is 9.59 Å². The average molecular weight is 270 g/mol. The molecule has 110 valence electrons. The number of carbonyl (C=O) groups excluding carboxylic acids is 2. The molecule has 1 fully saturated rings. The minimum atomic E-state index is -0.547. The lowest BCUT2D eigenvalue weighted by atomic mass is 9.92. The molecule has 0 saturated carbocycles. The van der Waals surface area contributed by atoms with Gasteiger partial charge in [-0.25, -0.2) is 0 Å². The summed E-state index contributed by atoms with van der Waals surface area (Å²) in [4.78, 5) is 24.8. The van der Waals surface area contributed by atoms with Gasteiger partial charge in [0.1, 0.15) is 0 Å². The average Bonchev–Trinajstić information content (AvgIpc) is 2.36. The van der Waals surface area contributed by atoms with E-state index < -0.39 is 5.54 Å². The fourth-order valence-electron chi connectivity index (χ4n) is 2.35. The maximum Gasteiger partial charge on any atom is 0.220 e. The van der Waals surface area contributed by atoms with Crippen LogP contribution in [-0.2, 0) is 9.59 Å². The van der Waals surface area contributed by atoms with Crippen LogP contribution < -0.4 is 5.32 Å². The molecule has 0 atom stereocenters. The second-order valence-electron chi connectivity index (χ2n) is 6.08. The van der Waals surface area contributed by atoms with Gasteiger partial charge in [0.25, 0.3) is 0 Å². The van der Waals surface area contributed by atoms with E-state index >= 15 is 0 Å². The molecular weight excluding hydrogens is 244 g/mol. The van der Waals surface area contributed by atoms with Crippen molar-refractivity contribution in [2.45, 2.75) is 52.0 Å². The molecule has 1 aliphatic heterocycles. The Morgan fingerprint density at radius 2 is 1.89 bits per heavy atom. The van der Waals surface area contributed by atoms with Crippen molar-refractivity contribution < 1.29 is 14.7 Å². The molecule has 0 unspecified atom stereocenters.